The van der Waals surface area contributed by atoms with Crippen LogP contribution in [-0.2, 0) is 19.7 Å². The Morgan fingerprint density at radius 1 is 1.35 bits per heavy atom. The van der Waals surface area contributed by atoms with Crippen molar-refractivity contribution in [2.24, 2.45) is 5.41 Å². The van der Waals surface area contributed by atoms with E-state index in [2.05, 4.69) is 10.5 Å². The van der Waals surface area contributed by atoms with Gasteiger partial charge in [0.2, 0.25) is 11.8 Å². The third-order valence-corrected chi connectivity index (χ3v) is 3.89. The van der Waals surface area contributed by atoms with Crippen LogP contribution in [0.4, 0.5) is 5.88 Å². The average molecular weight is 324 g/mol. The van der Waals surface area contributed by atoms with Crippen molar-refractivity contribution in [1.29, 1.82) is 0 Å². The Kier molecular flexibility index (Phi) is 5.47. The van der Waals surface area contributed by atoms with E-state index in [1.807, 2.05) is 34.6 Å². The van der Waals surface area contributed by atoms with E-state index in [-0.39, 0.29) is 17.6 Å². The highest BCUT2D eigenvalue weighted by Gasteiger charge is 2.29. The van der Waals surface area contributed by atoms with Crippen molar-refractivity contribution in [3.63, 3.8) is 0 Å². The second-order valence-electron chi connectivity index (χ2n) is 7.77. The summed E-state index contributed by atoms with van der Waals surface area (Å²) in [5.74, 6) is 0.256. The summed E-state index contributed by atoms with van der Waals surface area (Å²) in [7, 11) is 0. The molecule has 0 radical (unpaired) electrons. The van der Waals surface area contributed by atoms with Gasteiger partial charge in [-0.15, -0.1) is 0 Å². The summed E-state index contributed by atoms with van der Waals surface area (Å²) in [6.45, 7) is 10.9. The normalized spacial score (nSPS) is 19.6. The van der Waals surface area contributed by atoms with Gasteiger partial charge in [0.05, 0.1) is 12.3 Å². The minimum atomic E-state index is -0.482. The zero-order valence-electron chi connectivity index (χ0n) is 14.8. The lowest BCUT2D eigenvalue weighted by molar-refractivity contribution is -0.170. The number of hydrogen-bond acceptors (Lipinski definition) is 5. The Bertz CT molecular complexity index is 525. The first-order valence-electron chi connectivity index (χ1n) is 8.20. The molecule has 0 bridgehead atoms. The largest absolute Gasteiger partial charge is 0.353 e. The van der Waals surface area contributed by atoms with E-state index in [1.165, 1.54) is 0 Å². The fourth-order valence-corrected chi connectivity index (χ4v) is 2.17. The van der Waals surface area contributed by atoms with Gasteiger partial charge in [-0.25, -0.2) is 0 Å². The van der Waals surface area contributed by atoms with E-state index in [0.29, 0.717) is 12.5 Å². The number of amides is 1. The van der Waals surface area contributed by atoms with Gasteiger partial charge in [-0.05, 0) is 19.3 Å². The molecule has 2 heterocycles. The Morgan fingerprint density at radius 2 is 2.09 bits per heavy atom. The second kappa shape index (κ2) is 7.01. The first kappa shape index (κ1) is 17.9. The zero-order valence-corrected chi connectivity index (χ0v) is 14.8. The lowest BCUT2D eigenvalue weighted by atomic mass is 9.90. The van der Waals surface area contributed by atoms with Gasteiger partial charge in [-0.1, -0.05) is 39.8 Å². The molecule has 0 spiro atoms. The molecule has 1 aliphatic rings. The highest BCUT2D eigenvalue weighted by atomic mass is 16.7. The van der Waals surface area contributed by atoms with Gasteiger partial charge < -0.3 is 14.0 Å². The van der Waals surface area contributed by atoms with Crippen molar-refractivity contribution in [2.75, 3.05) is 18.5 Å². The number of ether oxygens (including phenoxy) is 2. The predicted octanol–water partition coefficient (Wildman–Crippen LogP) is 3.48. The van der Waals surface area contributed by atoms with Crippen molar-refractivity contribution in [3.05, 3.63) is 11.8 Å². The van der Waals surface area contributed by atoms with Crippen LogP contribution in [0.5, 0.6) is 0 Å². The zero-order chi connectivity index (χ0) is 17.1. The predicted molar refractivity (Wildman–Crippen MR) is 87.2 cm³/mol. The minimum absolute atomic E-state index is 0.107. The van der Waals surface area contributed by atoms with Crippen LogP contribution in [0.25, 0.3) is 0 Å². The molecule has 1 fully saturated rings. The first-order chi connectivity index (χ1) is 10.7. The van der Waals surface area contributed by atoms with E-state index >= 15 is 0 Å². The summed E-state index contributed by atoms with van der Waals surface area (Å²) in [6.07, 6.45) is 3.04. The quantitative estimate of drug-likeness (QED) is 0.897. The fourth-order valence-electron chi connectivity index (χ4n) is 2.17. The second-order valence-corrected chi connectivity index (χ2v) is 7.77. The number of rotatable bonds is 5. The number of carbonyl (C=O) groups is 1. The van der Waals surface area contributed by atoms with Crippen molar-refractivity contribution < 1.29 is 18.8 Å². The molecule has 130 valence electrons. The van der Waals surface area contributed by atoms with Gasteiger partial charge in [-0.2, -0.15) is 0 Å². The van der Waals surface area contributed by atoms with Gasteiger partial charge >= 0.3 is 0 Å². The number of anilines is 1. The summed E-state index contributed by atoms with van der Waals surface area (Å²) < 4.78 is 16.7. The summed E-state index contributed by atoms with van der Waals surface area (Å²) >= 11 is 0. The van der Waals surface area contributed by atoms with Gasteiger partial charge in [0, 0.05) is 23.5 Å². The van der Waals surface area contributed by atoms with Crippen molar-refractivity contribution in [3.8, 4) is 0 Å². The molecule has 1 amide bonds. The Morgan fingerprint density at radius 3 is 2.70 bits per heavy atom. The summed E-state index contributed by atoms with van der Waals surface area (Å²) in [5, 5.41) is 6.82. The smallest absolute Gasteiger partial charge is 0.232 e. The van der Waals surface area contributed by atoms with Gasteiger partial charge in [-0.3, -0.25) is 10.1 Å². The van der Waals surface area contributed by atoms with E-state index in [4.69, 9.17) is 14.0 Å². The Labute approximate surface area is 137 Å². The highest BCUT2D eigenvalue weighted by Crippen LogP contribution is 2.27. The van der Waals surface area contributed by atoms with Gasteiger partial charge in [0.25, 0.3) is 0 Å². The van der Waals surface area contributed by atoms with E-state index in [0.717, 1.165) is 31.6 Å². The monoisotopic (exact) mass is 324 g/mol. The molecule has 1 unspecified atom stereocenters. The molecule has 6 nitrogen and oxygen atoms in total. The lowest BCUT2D eigenvalue weighted by Gasteiger charge is -2.28. The van der Waals surface area contributed by atoms with Crippen molar-refractivity contribution in [2.45, 2.75) is 65.6 Å². The minimum Gasteiger partial charge on any atom is -0.353 e. The van der Waals surface area contributed by atoms with Crippen LogP contribution < -0.4 is 5.32 Å². The first-order valence-corrected chi connectivity index (χ1v) is 8.20. The molecular formula is C17H28N2O4. The van der Waals surface area contributed by atoms with Crippen LogP contribution >= 0.6 is 0 Å². The molecule has 1 saturated heterocycles. The maximum Gasteiger partial charge on any atom is 0.232 e. The number of hydrogen-bond donors (Lipinski definition) is 1. The number of carbonyl (C=O) groups excluding carboxylic acids is 1. The van der Waals surface area contributed by atoms with Crippen LogP contribution in [0.2, 0.25) is 0 Å². The van der Waals surface area contributed by atoms with Gasteiger partial charge in [0.15, 0.2) is 6.29 Å². The summed E-state index contributed by atoms with van der Waals surface area (Å²) in [5.41, 5.74) is -0.0589. The molecule has 1 aromatic rings. The van der Waals surface area contributed by atoms with E-state index in [1.54, 1.807) is 6.07 Å². The molecule has 0 aromatic carbocycles. The topological polar surface area (TPSA) is 73.6 Å². The molecule has 0 aliphatic carbocycles. The lowest BCUT2D eigenvalue weighted by Crippen LogP contribution is -2.31. The number of nitrogens with zero attached hydrogens (tertiary/aromatic N) is 1. The SMILES string of the molecule is CC(C)(C)C(=O)Nc1cc(C(C)(C)COC2CCCCO2)no1. The van der Waals surface area contributed by atoms with Crippen molar-refractivity contribution >= 4 is 11.8 Å². The molecule has 1 aromatic heterocycles. The molecule has 6 heteroatoms. The summed E-state index contributed by atoms with van der Waals surface area (Å²) in [4.78, 5) is 12.0. The van der Waals surface area contributed by atoms with Crippen LogP contribution in [0.1, 0.15) is 59.6 Å². The maximum atomic E-state index is 12.0. The molecule has 23 heavy (non-hydrogen) atoms. The Balaban J connectivity index is 1.93. The molecule has 2 rings (SSSR count). The molecule has 1 atom stereocenters. The molecule has 1 N–H and O–H groups in total. The van der Waals surface area contributed by atoms with E-state index in [9.17, 15) is 4.79 Å². The van der Waals surface area contributed by atoms with Crippen LogP contribution in [0.15, 0.2) is 10.6 Å². The number of nitrogens with one attached hydrogen (secondary N) is 1. The van der Waals surface area contributed by atoms with Crippen LogP contribution in [0.3, 0.4) is 0 Å². The fraction of sp³-hybridized carbons (Fsp3) is 0.765. The third-order valence-electron chi connectivity index (χ3n) is 3.89. The van der Waals surface area contributed by atoms with Gasteiger partial charge in [0.1, 0.15) is 0 Å². The summed E-state index contributed by atoms with van der Waals surface area (Å²) in [6, 6.07) is 1.76. The maximum absolute atomic E-state index is 12.0. The Hall–Kier alpha value is -1.40. The standard InChI is InChI=1S/C17H28N2O4/c1-16(2,3)15(20)18-13-10-12(19-23-13)17(4,5)11-22-14-8-6-7-9-21-14/h10,14H,6-9,11H2,1-5H3,(H,18,20). The van der Waals surface area contributed by atoms with E-state index < -0.39 is 5.41 Å². The van der Waals surface area contributed by atoms with Crippen LogP contribution in [-0.4, -0.2) is 30.6 Å². The molecule has 1 aliphatic heterocycles. The van der Waals surface area contributed by atoms with Crippen molar-refractivity contribution in [1.82, 2.24) is 5.16 Å². The third kappa shape index (κ3) is 5.04. The van der Waals surface area contributed by atoms with Crippen LogP contribution in [0, 0.1) is 5.41 Å². The molecule has 0 saturated carbocycles. The average Bonchev–Trinajstić information content (AvgIpc) is 2.95. The highest BCUT2D eigenvalue weighted by molar-refractivity contribution is 5.93. The molecular weight excluding hydrogens is 296 g/mol. The number of aromatic nitrogens is 1.